The number of morpholine rings is 2. The van der Waals surface area contributed by atoms with Crippen molar-refractivity contribution in [1.29, 1.82) is 0 Å². The van der Waals surface area contributed by atoms with Crippen LogP contribution in [0.5, 0.6) is 0 Å². The van der Waals surface area contributed by atoms with E-state index in [1.165, 1.54) is 0 Å². The maximum absolute atomic E-state index is 12.6. The average molecular weight is 334 g/mol. The number of ether oxygens (including phenoxy) is 2. The quantitative estimate of drug-likeness (QED) is 0.879. The molecule has 2 aliphatic rings. The zero-order chi connectivity index (χ0) is 16.9. The lowest BCUT2D eigenvalue weighted by molar-refractivity contribution is -0.141. The molecule has 1 aromatic carbocycles. The predicted molar refractivity (Wildman–Crippen MR) is 87.4 cm³/mol. The van der Waals surface area contributed by atoms with Crippen molar-refractivity contribution in [2.75, 3.05) is 50.9 Å². The number of anilines is 1. The van der Waals surface area contributed by atoms with Gasteiger partial charge in [-0.3, -0.25) is 9.59 Å². The van der Waals surface area contributed by atoms with Crippen LogP contribution in [0.4, 0.5) is 5.69 Å². The molecule has 1 atom stereocenters. The molecule has 0 aliphatic carbocycles. The van der Waals surface area contributed by atoms with Gasteiger partial charge in [-0.1, -0.05) is 0 Å². The molecule has 0 spiro atoms. The summed E-state index contributed by atoms with van der Waals surface area (Å²) in [4.78, 5) is 27.3. The van der Waals surface area contributed by atoms with Gasteiger partial charge in [0.2, 0.25) is 0 Å². The zero-order valence-electron chi connectivity index (χ0n) is 13.5. The van der Waals surface area contributed by atoms with Crippen molar-refractivity contribution in [3.63, 3.8) is 0 Å². The third-order valence-electron chi connectivity index (χ3n) is 4.32. The summed E-state index contributed by atoms with van der Waals surface area (Å²) in [6.07, 6.45) is -0.521. The summed E-state index contributed by atoms with van der Waals surface area (Å²) >= 11 is 0. The van der Waals surface area contributed by atoms with Crippen LogP contribution in [0.15, 0.2) is 24.3 Å². The van der Waals surface area contributed by atoms with Crippen LogP contribution < -0.4 is 4.90 Å². The Hall–Kier alpha value is -2.12. The number of nitrogens with zero attached hydrogens (tertiary/aromatic N) is 2. The van der Waals surface area contributed by atoms with E-state index < -0.39 is 12.1 Å². The van der Waals surface area contributed by atoms with Crippen LogP contribution in [0.1, 0.15) is 16.8 Å². The number of carbonyl (C=O) groups excluding carboxylic acids is 1. The fraction of sp³-hybridized carbons (Fsp3) is 0.529. The summed E-state index contributed by atoms with van der Waals surface area (Å²) in [5.74, 6) is -0.994. The van der Waals surface area contributed by atoms with Gasteiger partial charge in [0.15, 0.2) is 0 Å². The summed E-state index contributed by atoms with van der Waals surface area (Å²) in [5.41, 5.74) is 1.70. The zero-order valence-corrected chi connectivity index (χ0v) is 13.5. The van der Waals surface area contributed by atoms with E-state index in [9.17, 15) is 9.59 Å². The number of carbonyl (C=O) groups is 2. The van der Waals surface area contributed by atoms with E-state index in [1.54, 1.807) is 4.90 Å². The average Bonchev–Trinajstić information content (AvgIpc) is 2.62. The summed E-state index contributed by atoms with van der Waals surface area (Å²) in [6, 6.07) is 7.56. The highest BCUT2D eigenvalue weighted by Gasteiger charge is 2.26. The van der Waals surface area contributed by atoms with Gasteiger partial charge in [-0.2, -0.15) is 0 Å². The van der Waals surface area contributed by atoms with Crippen LogP contribution in [0, 0.1) is 0 Å². The molecular formula is C17H22N2O5. The monoisotopic (exact) mass is 334 g/mol. The van der Waals surface area contributed by atoms with E-state index in [4.69, 9.17) is 14.6 Å². The van der Waals surface area contributed by atoms with E-state index in [1.807, 2.05) is 24.3 Å². The first-order valence-corrected chi connectivity index (χ1v) is 8.19. The summed E-state index contributed by atoms with van der Waals surface area (Å²) in [5, 5.41) is 8.86. The molecule has 2 fully saturated rings. The Labute approximate surface area is 140 Å². The van der Waals surface area contributed by atoms with Crippen LogP contribution in [0.2, 0.25) is 0 Å². The Kier molecular flexibility index (Phi) is 5.32. The van der Waals surface area contributed by atoms with Gasteiger partial charge in [0.25, 0.3) is 5.91 Å². The number of rotatable bonds is 4. The normalized spacial score (nSPS) is 21.6. The standard InChI is InChI=1S/C17H22N2O5/c20-16(21)11-15-12-19(7-10-24-15)17(22)13-1-3-14(4-2-13)18-5-8-23-9-6-18/h1-4,15H,5-12H2,(H,20,21). The molecule has 2 saturated heterocycles. The fourth-order valence-corrected chi connectivity index (χ4v) is 3.04. The lowest BCUT2D eigenvalue weighted by atomic mass is 10.1. The highest BCUT2D eigenvalue weighted by atomic mass is 16.5. The van der Waals surface area contributed by atoms with Crippen molar-refractivity contribution in [3.05, 3.63) is 29.8 Å². The van der Waals surface area contributed by atoms with E-state index >= 15 is 0 Å². The van der Waals surface area contributed by atoms with Crippen molar-refractivity contribution in [2.24, 2.45) is 0 Å². The first kappa shape index (κ1) is 16.7. The Bertz CT molecular complexity index is 583. The molecular weight excluding hydrogens is 312 g/mol. The van der Waals surface area contributed by atoms with Gasteiger partial charge in [-0.15, -0.1) is 0 Å². The van der Waals surface area contributed by atoms with Crippen molar-refractivity contribution < 1.29 is 24.2 Å². The minimum Gasteiger partial charge on any atom is -0.481 e. The van der Waals surface area contributed by atoms with Crippen LogP contribution in [-0.4, -0.2) is 74.0 Å². The molecule has 1 unspecified atom stereocenters. The van der Waals surface area contributed by atoms with Crippen LogP contribution in [0.3, 0.4) is 0 Å². The summed E-state index contributed by atoms with van der Waals surface area (Å²) in [7, 11) is 0. The van der Waals surface area contributed by atoms with Gasteiger partial charge in [-0.05, 0) is 24.3 Å². The molecule has 0 saturated carbocycles. The Morgan fingerprint density at radius 3 is 2.46 bits per heavy atom. The number of carboxylic acid groups (broad SMARTS) is 1. The summed E-state index contributed by atoms with van der Waals surface area (Å²) in [6.45, 7) is 4.33. The van der Waals surface area contributed by atoms with Gasteiger partial charge >= 0.3 is 5.97 Å². The second kappa shape index (κ2) is 7.63. The molecule has 0 radical (unpaired) electrons. The lowest BCUT2D eigenvalue weighted by Crippen LogP contribution is -2.46. The molecule has 7 heteroatoms. The number of benzene rings is 1. The number of hydrogen-bond acceptors (Lipinski definition) is 5. The molecule has 1 amide bonds. The Balaban J connectivity index is 1.62. The molecule has 1 aromatic rings. The number of carboxylic acids is 1. The molecule has 130 valence electrons. The smallest absolute Gasteiger partial charge is 0.306 e. The third-order valence-corrected chi connectivity index (χ3v) is 4.32. The van der Waals surface area contributed by atoms with Gasteiger partial charge in [0, 0.05) is 37.4 Å². The first-order chi connectivity index (χ1) is 11.6. The molecule has 3 rings (SSSR count). The topological polar surface area (TPSA) is 79.3 Å². The SMILES string of the molecule is O=C(O)CC1CN(C(=O)c2ccc(N3CCOCC3)cc2)CCO1. The second-order valence-corrected chi connectivity index (χ2v) is 5.99. The first-order valence-electron chi connectivity index (χ1n) is 8.19. The molecule has 7 nitrogen and oxygen atoms in total. The Morgan fingerprint density at radius 1 is 1.08 bits per heavy atom. The van der Waals surface area contributed by atoms with Gasteiger partial charge in [0.05, 0.1) is 32.3 Å². The minimum atomic E-state index is -0.913. The van der Waals surface area contributed by atoms with E-state index in [0.29, 0.717) is 25.3 Å². The van der Waals surface area contributed by atoms with Crippen molar-refractivity contribution >= 4 is 17.6 Å². The fourth-order valence-electron chi connectivity index (χ4n) is 3.04. The minimum absolute atomic E-state index is 0.0813. The lowest BCUT2D eigenvalue weighted by Gasteiger charge is -2.32. The molecule has 2 aliphatic heterocycles. The maximum Gasteiger partial charge on any atom is 0.306 e. The number of amides is 1. The van der Waals surface area contributed by atoms with Gasteiger partial charge < -0.3 is 24.4 Å². The second-order valence-electron chi connectivity index (χ2n) is 5.99. The highest BCUT2D eigenvalue weighted by molar-refractivity contribution is 5.94. The van der Waals surface area contributed by atoms with Crippen molar-refractivity contribution in [1.82, 2.24) is 4.90 Å². The van der Waals surface area contributed by atoms with Crippen LogP contribution >= 0.6 is 0 Å². The maximum atomic E-state index is 12.6. The molecule has 2 heterocycles. The van der Waals surface area contributed by atoms with Crippen molar-refractivity contribution in [2.45, 2.75) is 12.5 Å². The molecule has 24 heavy (non-hydrogen) atoms. The predicted octanol–water partition coefficient (Wildman–Crippen LogP) is 0.839. The molecule has 0 aromatic heterocycles. The number of hydrogen-bond donors (Lipinski definition) is 1. The van der Waals surface area contributed by atoms with Gasteiger partial charge in [-0.25, -0.2) is 0 Å². The number of aliphatic carboxylic acids is 1. The Morgan fingerprint density at radius 2 is 1.79 bits per heavy atom. The van der Waals surface area contributed by atoms with Gasteiger partial charge in [0.1, 0.15) is 0 Å². The van der Waals surface area contributed by atoms with E-state index in [2.05, 4.69) is 4.90 Å². The highest BCUT2D eigenvalue weighted by Crippen LogP contribution is 2.19. The van der Waals surface area contributed by atoms with Crippen LogP contribution in [-0.2, 0) is 14.3 Å². The van der Waals surface area contributed by atoms with E-state index in [0.717, 1.165) is 32.0 Å². The molecule has 1 N–H and O–H groups in total. The van der Waals surface area contributed by atoms with E-state index in [-0.39, 0.29) is 12.3 Å². The summed E-state index contributed by atoms with van der Waals surface area (Å²) < 4.78 is 10.8. The largest absolute Gasteiger partial charge is 0.481 e. The molecule has 0 bridgehead atoms. The van der Waals surface area contributed by atoms with Crippen LogP contribution in [0.25, 0.3) is 0 Å². The van der Waals surface area contributed by atoms with Crippen molar-refractivity contribution in [3.8, 4) is 0 Å². The third kappa shape index (κ3) is 4.04.